The van der Waals surface area contributed by atoms with Crippen LogP contribution >= 0.6 is 0 Å². The number of nitrogens with zero attached hydrogens (tertiary/aromatic N) is 3. The van der Waals surface area contributed by atoms with Crippen molar-refractivity contribution in [2.24, 2.45) is 17.8 Å². The smallest absolute Gasteiger partial charge is 0.249 e. The van der Waals surface area contributed by atoms with Gasteiger partial charge < -0.3 is 15.0 Å². The average molecular weight is 372 g/mol. The van der Waals surface area contributed by atoms with Crippen LogP contribution in [-0.2, 0) is 20.9 Å². The second-order valence-electron chi connectivity index (χ2n) is 8.37. The van der Waals surface area contributed by atoms with Crippen LogP contribution in [0.25, 0.3) is 0 Å². The number of nitrogens with one attached hydrogen (secondary N) is 1. The molecule has 0 bridgehead atoms. The summed E-state index contributed by atoms with van der Waals surface area (Å²) in [5, 5.41) is 2.90. The third kappa shape index (κ3) is 3.98. The standard InChI is InChI=1S/C20H28N4O3/c1-12-5-15(6-12)20(26)24-4-3-14-7-17(27-18(14)11-24)19(25)23-10-16-9-21-13(2)8-22-16/h8-9,12,14-15,17-18H,3-7,10-11H2,1-2H3,(H,23,25)/t12?,14-,15?,17-,18+/m0/s1. The van der Waals surface area contributed by atoms with E-state index in [4.69, 9.17) is 4.74 Å². The Balaban J connectivity index is 1.27. The first-order chi connectivity index (χ1) is 13.0. The Morgan fingerprint density at radius 3 is 2.78 bits per heavy atom. The molecule has 3 heterocycles. The van der Waals surface area contributed by atoms with E-state index in [-0.39, 0.29) is 23.8 Å². The lowest BCUT2D eigenvalue weighted by Crippen LogP contribution is -2.49. The molecule has 7 nitrogen and oxygen atoms in total. The zero-order valence-electron chi connectivity index (χ0n) is 16.1. The van der Waals surface area contributed by atoms with Crippen LogP contribution in [0.4, 0.5) is 0 Å². The first-order valence-corrected chi connectivity index (χ1v) is 9.99. The van der Waals surface area contributed by atoms with Crippen molar-refractivity contribution in [3.8, 4) is 0 Å². The lowest BCUT2D eigenvalue weighted by Gasteiger charge is -2.40. The third-order valence-electron chi connectivity index (χ3n) is 6.16. The van der Waals surface area contributed by atoms with Gasteiger partial charge in [0.1, 0.15) is 6.10 Å². The number of rotatable bonds is 4. The monoisotopic (exact) mass is 372 g/mol. The zero-order chi connectivity index (χ0) is 19.0. The molecular formula is C20H28N4O3. The van der Waals surface area contributed by atoms with Crippen molar-refractivity contribution in [1.82, 2.24) is 20.2 Å². The van der Waals surface area contributed by atoms with Crippen LogP contribution in [0, 0.1) is 24.7 Å². The summed E-state index contributed by atoms with van der Waals surface area (Å²) in [6.07, 6.45) is 6.60. The van der Waals surface area contributed by atoms with Gasteiger partial charge in [-0.05, 0) is 44.4 Å². The molecule has 0 spiro atoms. The number of amides is 2. The minimum absolute atomic E-state index is 0.0184. The molecule has 0 radical (unpaired) electrons. The largest absolute Gasteiger partial charge is 0.363 e. The number of ether oxygens (including phenoxy) is 1. The van der Waals surface area contributed by atoms with Crippen LogP contribution in [0.3, 0.4) is 0 Å². The molecule has 7 heteroatoms. The van der Waals surface area contributed by atoms with Gasteiger partial charge in [-0.15, -0.1) is 0 Å². The van der Waals surface area contributed by atoms with Gasteiger partial charge in [0.15, 0.2) is 0 Å². The first kappa shape index (κ1) is 18.3. The zero-order valence-corrected chi connectivity index (χ0v) is 16.1. The minimum Gasteiger partial charge on any atom is -0.363 e. The molecule has 27 heavy (non-hydrogen) atoms. The van der Waals surface area contributed by atoms with Gasteiger partial charge >= 0.3 is 0 Å². The van der Waals surface area contributed by atoms with Crippen LogP contribution in [0.2, 0.25) is 0 Å². The molecule has 1 N–H and O–H groups in total. The summed E-state index contributed by atoms with van der Waals surface area (Å²) >= 11 is 0. The summed E-state index contributed by atoms with van der Waals surface area (Å²) < 4.78 is 6.03. The quantitative estimate of drug-likeness (QED) is 0.865. The summed E-state index contributed by atoms with van der Waals surface area (Å²) in [5.41, 5.74) is 1.58. The van der Waals surface area contributed by atoms with Gasteiger partial charge in [0.2, 0.25) is 11.8 Å². The van der Waals surface area contributed by atoms with E-state index in [0.717, 1.165) is 43.6 Å². The van der Waals surface area contributed by atoms with Gasteiger partial charge in [0.25, 0.3) is 0 Å². The second kappa shape index (κ2) is 7.54. The number of hydrogen-bond donors (Lipinski definition) is 1. The summed E-state index contributed by atoms with van der Waals surface area (Å²) in [4.78, 5) is 35.5. The summed E-state index contributed by atoms with van der Waals surface area (Å²) in [6, 6.07) is 0. The lowest BCUT2D eigenvalue weighted by molar-refractivity contribution is -0.145. The van der Waals surface area contributed by atoms with E-state index in [1.807, 2.05) is 11.8 Å². The SMILES string of the molecule is Cc1cnc(CNC(=O)[C@@H]2C[C@@H]3CCN(C(=O)C4CC(C)C4)C[C@H]3O2)cn1. The molecule has 2 aliphatic heterocycles. The Morgan fingerprint density at radius 1 is 1.26 bits per heavy atom. The normalized spacial score (nSPS) is 32.5. The fraction of sp³-hybridized carbons (Fsp3) is 0.700. The fourth-order valence-corrected chi connectivity index (χ4v) is 4.46. The molecule has 146 valence electrons. The van der Waals surface area contributed by atoms with Gasteiger partial charge in [-0.1, -0.05) is 6.92 Å². The van der Waals surface area contributed by atoms with Crippen LogP contribution in [0.5, 0.6) is 0 Å². The number of aryl methyl sites for hydroxylation is 1. The van der Waals surface area contributed by atoms with Crippen molar-refractivity contribution in [2.45, 2.75) is 58.3 Å². The van der Waals surface area contributed by atoms with E-state index >= 15 is 0 Å². The first-order valence-electron chi connectivity index (χ1n) is 9.99. The van der Waals surface area contributed by atoms with Crippen molar-refractivity contribution in [3.05, 3.63) is 23.8 Å². The molecule has 0 aromatic carbocycles. The van der Waals surface area contributed by atoms with Crippen LogP contribution < -0.4 is 5.32 Å². The van der Waals surface area contributed by atoms with Crippen molar-refractivity contribution in [2.75, 3.05) is 13.1 Å². The number of carbonyl (C=O) groups is 2. The number of piperidine rings is 1. The fourth-order valence-electron chi connectivity index (χ4n) is 4.46. The summed E-state index contributed by atoms with van der Waals surface area (Å²) in [5.74, 6) is 1.42. The van der Waals surface area contributed by atoms with Crippen molar-refractivity contribution in [1.29, 1.82) is 0 Å². The highest BCUT2D eigenvalue weighted by Gasteiger charge is 2.44. The highest BCUT2D eigenvalue weighted by atomic mass is 16.5. The van der Waals surface area contributed by atoms with Crippen LogP contribution in [-0.4, -0.2) is 52.0 Å². The maximum Gasteiger partial charge on any atom is 0.249 e. The molecule has 3 aliphatic rings. The van der Waals surface area contributed by atoms with Gasteiger partial charge in [-0.25, -0.2) is 0 Å². The number of aromatic nitrogens is 2. The van der Waals surface area contributed by atoms with Gasteiger partial charge in [-0.3, -0.25) is 19.6 Å². The van der Waals surface area contributed by atoms with Crippen molar-refractivity contribution < 1.29 is 14.3 Å². The molecular weight excluding hydrogens is 344 g/mol. The minimum atomic E-state index is -0.433. The highest BCUT2D eigenvalue weighted by molar-refractivity contribution is 5.81. The van der Waals surface area contributed by atoms with E-state index in [1.165, 1.54) is 0 Å². The molecule has 2 saturated heterocycles. The van der Waals surface area contributed by atoms with E-state index < -0.39 is 6.10 Å². The molecule has 0 unspecified atom stereocenters. The molecule has 2 amide bonds. The second-order valence-corrected chi connectivity index (χ2v) is 8.37. The Hall–Kier alpha value is -2.02. The Labute approximate surface area is 159 Å². The van der Waals surface area contributed by atoms with E-state index in [9.17, 15) is 9.59 Å². The molecule has 1 aromatic heterocycles. The van der Waals surface area contributed by atoms with Crippen molar-refractivity contribution >= 4 is 11.8 Å². The third-order valence-corrected chi connectivity index (χ3v) is 6.16. The van der Waals surface area contributed by atoms with E-state index in [0.29, 0.717) is 24.9 Å². The van der Waals surface area contributed by atoms with Crippen LogP contribution in [0.15, 0.2) is 12.4 Å². The van der Waals surface area contributed by atoms with E-state index in [1.54, 1.807) is 12.4 Å². The predicted molar refractivity (Wildman–Crippen MR) is 98.5 cm³/mol. The Morgan fingerprint density at radius 2 is 2.07 bits per heavy atom. The van der Waals surface area contributed by atoms with Gasteiger partial charge in [-0.2, -0.15) is 0 Å². The number of hydrogen-bond acceptors (Lipinski definition) is 5. The number of carbonyl (C=O) groups excluding carboxylic acids is 2. The van der Waals surface area contributed by atoms with Crippen molar-refractivity contribution in [3.63, 3.8) is 0 Å². The number of likely N-dealkylation sites (tertiary alicyclic amines) is 1. The maximum atomic E-state index is 12.6. The Bertz CT molecular complexity index is 702. The average Bonchev–Trinajstić information content (AvgIpc) is 3.07. The Kier molecular flexibility index (Phi) is 5.12. The molecule has 3 atom stereocenters. The molecule has 3 fully saturated rings. The van der Waals surface area contributed by atoms with Gasteiger partial charge in [0.05, 0.1) is 30.2 Å². The maximum absolute atomic E-state index is 12.6. The molecule has 1 saturated carbocycles. The summed E-state index contributed by atoms with van der Waals surface area (Å²) in [7, 11) is 0. The topological polar surface area (TPSA) is 84.4 Å². The van der Waals surface area contributed by atoms with Gasteiger partial charge in [0, 0.05) is 25.2 Å². The van der Waals surface area contributed by atoms with Crippen LogP contribution in [0.1, 0.15) is 44.0 Å². The predicted octanol–water partition coefficient (Wildman–Crippen LogP) is 1.45. The summed E-state index contributed by atoms with van der Waals surface area (Å²) in [6.45, 7) is 5.85. The molecule has 1 aliphatic carbocycles. The molecule has 4 rings (SSSR count). The number of fused-ring (bicyclic) bond motifs is 1. The van der Waals surface area contributed by atoms with E-state index in [2.05, 4.69) is 22.2 Å². The highest BCUT2D eigenvalue weighted by Crippen LogP contribution is 2.37. The lowest BCUT2D eigenvalue weighted by atomic mass is 9.75. The molecule has 1 aromatic rings.